The van der Waals surface area contributed by atoms with Gasteiger partial charge in [-0.3, -0.25) is 0 Å². The topological polar surface area (TPSA) is 40.2 Å². The van der Waals surface area contributed by atoms with Crippen LogP contribution in [0.25, 0.3) is 10.9 Å². The second-order valence-electron chi connectivity index (χ2n) is 5.34. The second kappa shape index (κ2) is 5.62. The molecule has 0 atom stereocenters. The highest BCUT2D eigenvalue weighted by atomic mass is 16.5. The van der Waals surface area contributed by atoms with E-state index in [-0.39, 0.29) is 0 Å². The van der Waals surface area contributed by atoms with Crippen molar-refractivity contribution in [3.05, 3.63) is 65.4 Å². The van der Waals surface area contributed by atoms with Crippen LogP contribution in [0.4, 0.5) is 0 Å². The van der Waals surface area contributed by atoms with Crippen molar-refractivity contribution in [1.29, 1.82) is 0 Å². The Hall–Kier alpha value is -2.26. The molecule has 0 saturated carbocycles. The quantitative estimate of drug-likeness (QED) is 0.794. The van der Waals surface area contributed by atoms with Crippen molar-refractivity contribution in [3.63, 3.8) is 0 Å². The summed E-state index contributed by atoms with van der Waals surface area (Å²) >= 11 is 0. The summed E-state index contributed by atoms with van der Waals surface area (Å²) in [6, 6.07) is 14.4. The third-order valence-corrected chi connectivity index (χ3v) is 3.86. The summed E-state index contributed by atoms with van der Waals surface area (Å²) < 4.78 is 8.11. The zero-order valence-electron chi connectivity index (χ0n) is 12.5. The Balaban J connectivity index is 1.93. The number of hydrogen-bond donors (Lipinski definition) is 1. The molecular weight excluding hydrogens is 260 g/mol. The molecule has 1 aromatic heterocycles. The van der Waals surface area contributed by atoms with Crippen LogP contribution in [-0.4, -0.2) is 4.57 Å². The van der Waals surface area contributed by atoms with Gasteiger partial charge < -0.3 is 15.0 Å². The van der Waals surface area contributed by atoms with Crippen molar-refractivity contribution in [2.45, 2.75) is 20.1 Å². The molecule has 0 amide bonds. The van der Waals surface area contributed by atoms with E-state index in [1.54, 1.807) is 0 Å². The summed E-state index contributed by atoms with van der Waals surface area (Å²) in [5.74, 6) is 0.935. The van der Waals surface area contributed by atoms with Crippen LogP contribution in [0.5, 0.6) is 5.75 Å². The fourth-order valence-electron chi connectivity index (χ4n) is 2.79. The molecule has 1 heterocycles. The average Bonchev–Trinajstić information content (AvgIpc) is 2.83. The van der Waals surface area contributed by atoms with Crippen LogP contribution in [0.15, 0.2) is 48.7 Å². The average molecular weight is 280 g/mol. The molecule has 0 spiro atoms. The Labute approximate surface area is 125 Å². The van der Waals surface area contributed by atoms with Gasteiger partial charge in [0, 0.05) is 30.7 Å². The summed E-state index contributed by atoms with van der Waals surface area (Å²) in [4.78, 5) is 0. The van der Waals surface area contributed by atoms with E-state index < -0.39 is 0 Å². The maximum Gasteiger partial charge on any atom is 0.122 e. The smallest absolute Gasteiger partial charge is 0.122 e. The Morgan fingerprint density at radius 3 is 2.62 bits per heavy atom. The summed E-state index contributed by atoms with van der Waals surface area (Å²) in [5, 5.41) is 1.22. The van der Waals surface area contributed by atoms with E-state index in [0.717, 1.165) is 16.9 Å². The zero-order valence-corrected chi connectivity index (χ0v) is 12.5. The number of benzene rings is 2. The van der Waals surface area contributed by atoms with E-state index >= 15 is 0 Å². The van der Waals surface area contributed by atoms with E-state index in [4.69, 9.17) is 10.5 Å². The lowest BCUT2D eigenvalue weighted by atomic mass is 10.1. The van der Waals surface area contributed by atoms with E-state index in [1.807, 2.05) is 18.2 Å². The summed E-state index contributed by atoms with van der Waals surface area (Å²) in [6.45, 7) is 3.18. The molecule has 0 saturated heterocycles. The molecule has 3 aromatic rings. The van der Waals surface area contributed by atoms with E-state index in [1.165, 1.54) is 16.5 Å². The van der Waals surface area contributed by atoms with Gasteiger partial charge in [-0.25, -0.2) is 0 Å². The molecule has 3 heteroatoms. The van der Waals surface area contributed by atoms with Gasteiger partial charge in [0.25, 0.3) is 0 Å². The number of rotatable bonds is 4. The first-order chi connectivity index (χ1) is 10.2. The molecule has 0 unspecified atom stereocenters. The molecule has 3 nitrogen and oxygen atoms in total. The fourth-order valence-corrected chi connectivity index (χ4v) is 2.79. The van der Waals surface area contributed by atoms with Gasteiger partial charge in [-0.2, -0.15) is 0 Å². The van der Waals surface area contributed by atoms with Crippen molar-refractivity contribution in [2.75, 3.05) is 0 Å². The van der Waals surface area contributed by atoms with Gasteiger partial charge in [0.1, 0.15) is 12.4 Å². The molecule has 0 fully saturated rings. The lowest BCUT2D eigenvalue weighted by Crippen LogP contribution is -1.99. The first kappa shape index (κ1) is 13.7. The largest absolute Gasteiger partial charge is 0.489 e. The Kier molecular flexibility index (Phi) is 3.67. The Morgan fingerprint density at radius 1 is 1.05 bits per heavy atom. The zero-order chi connectivity index (χ0) is 14.8. The van der Waals surface area contributed by atoms with E-state index in [9.17, 15) is 0 Å². The predicted molar refractivity (Wildman–Crippen MR) is 86.3 cm³/mol. The lowest BCUT2D eigenvalue weighted by molar-refractivity contribution is 0.305. The lowest BCUT2D eigenvalue weighted by Gasteiger charge is -2.08. The Bertz CT molecular complexity index is 774. The third kappa shape index (κ3) is 2.52. The van der Waals surface area contributed by atoms with Crippen LogP contribution in [-0.2, 0) is 20.2 Å². The molecule has 2 N–H and O–H groups in total. The van der Waals surface area contributed by atoms with Crippen LogP contribution in [0.3, 0.4) is 0 Å². The number of fused-ring (bicyclic) bond motifs is 1. The minimum absolute atomic E-state index is 0.549. The molecule has 0 aliphatic heterocycles. The molecule has 0 aliphatic rings. The van der Waals surface area contributed by atoms with Crippen molar-refractivity contribution >= 4 is 10.9 Å². The standard InChI is InChI=1S/C18H20N2O/c1-13-6-3-4-9-17(13)21-12-15-11-20(2)18-14(10-19)7-5-8-16(15)18/h3-9,11H,10,12,19H2,1-2H3. The number of aromatic nitrogens is 1. The van der Waals surface area contributed by atoms with Crippen LogP contribution >= 0.6 is 0 Å². The van der Waals surface area contributed by atoms with Gasteiger partial charge in [-0.05, 0) is 24.1 Å². The van der Waals surface area contributed by atoms with Gasteiger partial charge in [0.15, 0.2) is 0 Å². The monoisotopic (exact) mass is 280 g/mol. The number of hydrogen-bond acceptors (Lipinski definition) is 2. The van der Waals surface area contributed by atoms with Crippen molar-refractivity contribution in [2.24, 2.45) is 12.8 Å². The highest BCUT2D eigenvalue weighted by Crippen LogP contribution is 2.26. The third-order valence-electron chi connectivity index (χ3n) is 3.86. The number of nitrogens with zero attached hydrogens (tertiary/aromatic N) is 1. The van der Waals surface area contributed by atoms with Crippen molar-refractivity contribution < 1.29 is 4.74 Å². The molecule has 3 rings (SSSR count). The maximum atomic E-state index is 5.97. The molecule has 0 bridgehead atoms. The number of nitrogens with two attached hydrogens (primary N) is 1. The van der Waals surface area contributed by atoms with E-state index in [0.29, 0.717) is 13.2 Å². The summed E-state index contributed by atoms with van der Waals surface area (Å²) in [5.41, 5.74) is 10.5. The highest BCUT2D eigenvalue weighted by Gasteiger charge is 2.10. The molecule has 2 aromatic carbocycles. The van der Waals surface area contributed by atoms with Gasteiger partial charge in [-0.1, -0.05) is 36.4 Å². The van der Waals surface area contributed by atoms with Crippen molar-refractivity contribution in [3.8, 4) is 5.75 Å². The van der Waals surface area contributed by atoms with E-state index in [2.05, 4.69) is 49.0 Å². The number of aryl methyl sites for hydroxylation is 2. The minimum atomic E-state index is 0.549. The first-order valence-electron chi connectivity index (χ1n) is 7.15. The van der Waals surface area contributed by atoms with Crippen LogP contribution in [0.1, 0.15) is 16.7 Å². The first-order valence-corrected chi connectivity index (χ1v) is 7.15. The molecule has 0 aliphatic carbocycles. The molecule has 0 radical (unpaired) electrons. The molecular formula is C18H20N2O. The molecule has 21 heavy (non-hydrogen) atoms. The summed E-state index contributed by atoms with van der Waals surface area (Å²) in [6.07, 6.45) is 2.13. The van der Waals surface area contributed by atoms with Gasteiger partial charge in [0.2, 0.25) is 0 Å². The van der Waals surface area contributed by atoms with Crippen LogP contribution < -0.4 is 10.5 Å². The second-order valence-corrected chi connectivity index (χ2v) is 5.34. The molecule has 108 valence electrons. The normalized spacial score (nSPS) is 11.0. The van der Waals surface area contributed by atoms with Crippen molar-refractivity contribution in [1.82, 2.24) is 4.57 Å². The number of ether oxygens (including phenoxy) is 1. The van der Waals surface area contributed by atoms with Gasteiger partial charge in [0.05, 0.1) is 5.52 Å². The fraction of sp³-hybridized carbons (Fsp3) is 0.222. The summed E-state index contributed by atoms with van der Waals surface area (Å²) in [7, 11) is 2.05. The predicted octanol–water partition coefficient (Wildman–Crippen LogP) is 3.52. The van der Waals surface area contributed by atoms with Gasteiger partial charge >= 0.3 is 0 Å². The van der Waals surface area contributed by atoms with Crippen LogP contribution in [0, 0.1) is 6.92 Å². The van der Waals surface area contributed by atoms with Crippen LogP contribution in [0.2, 0.25) is 0 Å². The highest BCUT2D eigenvalue weighted by molar-refractivity contribution is 5.86. The number of para-hydroxylation sites is 2. The minimum Gasteiger partial charge on any atom is -0.489 e. The maximum absolute atomic E-state index is 5.97. The Morgan fingerprint density at radius 2 is 1.86 bits per heavy atom. The van der Waals surface area contributed by atoms with Gasteiger partial charge in [-0.15, -0.1) is 0 Å². The SMILES string of the molecule is Cc1ccccc1OCc1cn(C)c2c(CN)cccc12.